The maximum absolute atomic E-state index is 12.9. The lowest BCUT2D eigenvalue weighted by atomic mass is 9.41. The van der Waals surface area contributed by atoms with E-state index in [1.807, 2.05) is 13.8 Å². The second-order valence-electron chi connectivity index (χ2n) is 41.6. The Morgan fingerprint density at radius 1 is 0.589 bits per heavy atom. The highest BCUT2D eigenvalue weighted by Crippen LogP contribution is 2.92. The van der Waals surface area contributed by atoms with Gasteiger partial charge in [0.25, 0.3) is 5.69 Å². The van der Waals surface area contributed by atoms with Crippen LogP contribution in [0.15, 0.2) is 48.6 Å². The second-order valence-corrected chi connectivity index (χ2v) is 51.3. The van der Waals surface area contributed by atoms with Crippen molar-refractivity contribution >= 4 is 45.4 Å². The molecule has 1 N–H and O–H groups in total. The van der Waals surface area contributed by atoms with Crippen LogP contribution >= 0.6 is 11.6 Å². The molecule has 10 saturated carbocycles. The summed E-state index contributed by atoms with van der Waals surface area (Å²) in [6.07, 6.45) is 25.7. The maximum Gasteiger partial charge on any atom is 0.409 e. The number of non-ortho nitro benzene ring substituents is 1. The number of hydrogen-bond donors (Lipinski definition) is 1. The fourth-order valence-corrected chi connectivity index (χ4v) is 36.0. The Hall–Kier alpha value is -2.80. The van der Waals surface area contributed by atoms with Gasteiger partial charge in [-0.25, -0.2) is 9.59 Å². The number of rotatable bonds is 21. The lowest BCUT2D eigenvalue weighted by Gasteiger charge is -2.64. The predicted molar refractivity (Wildman–Crippen MR) is 446 cm³/mol. The van der Waals surface area contributed by atoms with Crippen LogP contribution in [-0.4, -0.2) is 144 Å². The van der Waals surface area contributed by atoms with Crippen LogP contribution in [-0.2, 0) is 42.0 Å². The van der Waals surface area contributed by atoms with Crippen LogP contribution in [0, 0.1) is 112 Å². The van der Waals surface area contributed by atoms with E-state index in [-0.39, 0.29) is 105 Å². The summed E-state index contributed by atoms with van der Waals surface area (Å²) in [7, 11) is -0.484. The molecule has 4 heterocycles. The Morgan fingerprint density at radius 2 is 0.991 bits per heavy atom. The van der Waals surface area contributed by atoms with Crippen LogP contribution in [0.5, 0.6) is 5.75 Å². The first kappa shape index (κ1) is 87.0. The molecule has 0 aromatic heterocycles. The number of amides is 1. The zero-order chi connectivity index (χ0) is 81.3. The lowest BCUT2D eigenvalue weighted by molar-refractivity contribution is -0.384. The third kappa shape index (κ3) is 13.9. The minimum atomic E-state index is -2.02. The second kappa shape index (κ2) is 32.0. The Bertz CT molecular complexity index is 3540. The molecule has 4 unspecified atom stereocenters. The van der Waals surface area contributed by atoms with Gasteiger partial charge >= 0.3 is 11.5 Å². The number of benzene rings is 1. The Kier molecular flexibility index (Phi) is 24.8. The molecule has 1 aromatic carbocycles. The van der Waals surface area contributed by atoms with Crippen molar-refractivity contribution in [2.24, 2.45) is 101 Å². The summed E-state index contributed by atoms with van der Waals surface area (Å²) in [5, 5.41) is 21.5. The molecular formula is C92H149ClN2O15Si2. The zero-order valence-corrected chi connectivity index (χ0v) is 75.7. The molecule has 0 radical (unpaired) electrons. The molecular weight excluding hydrogens is 1460 g/mol. The maximum atomic E-state index is 12.9. The molecule has 10 aliphatic carbocycles. The molecule has 28 atom stereocenters. The highest BCUT2D eigenvalue weighted by atomic mass is 35.5. The topological polar surface area (TPSA) is 193 Å². The van der Waals surface area contributed by atoms with Gasteiger partial charge < -0.3 is 56.8 Å². The summed E-state index contributed by atoms with van der Waals surface area (Å²) >= 11 is 4.92. The number of carbonyl (C=O) groups is 2. The summed E-state index contributed by atoms with van der Waals surface area (Å²) in [4.78, 5) is 34.3. The van der Waals surface area contributed by atoms with E-state index in [1.165, 1.54) is 132 Å². The van der Waals surface area contributed by atoms with Gasteiger partial charge in [-0.15, -0.1) is 0 Å². The molecule has 4 saturated heterocycles. The molecule has 14 fully saturated rings. The van der Waals surface area contributed by atoms with Crippen LogP contribution in [0.4, 0.5) is 15.3 Å². The summed E-state index contributed by atoms with van der Waals surface area (Å²) in [6.45, 7) is 54.2. The molecule has 20 heteroatoms. The normalized spacial score (nSPS) is 44.1. The van der Waals surface area contributed by atoms with E-state index in [9.17, 15) is 24.8 Å². The van der Waals surface area contributed by atoms with E-state index in [1.54, 1.807) is 14.1 Å². The molecule has 112 heavy (non-hydrogen) atoms. The Morgan fingerprint density at radius 3 is 1.36 bits per heavy atom. The predicted octanol–water partition coefficient (Wildman–Crippen LogP) is 22.4. The first-order valence-electron chi connectivity index (χ1n) is 45.0. The van der Waals surface area contributed by atoms with E-state index in [0.717, 1.165) is 99.1 Å². The lowest BCUT2D eigenvalue weighted by Crippen LogP contribution is -2.61. The molecule has 1 amide bonds. The minimum Gasteiger partial charge on any atom is -0.439 e. The summed E-state index contributed by atoms with van der Waals surface area (Å²) in [5.41, 5.74) is 2.88. The average Bonchev–Trinajstić information content (AvgIpc) is 1.46. The van der Waals surface area contributed by atoms with Gasteiger partial charge in [0.15, 0.2) is 35.3 Å². The van der Waals surface area contributed by atoms with Crippen molar-refractivity contribution in [3.8, 4) is 5.75 Å². The van der Waals surface area contributed by atoms with E-state index in [2.05, 4.69) is 129 Å². The van der Waals surface area contributed by atoms with Crippen LogP contribution in [0.3, 0.4) is 0 Å². The first-order chi connectivity index (χ1) is 52.8. The van der Waals surface area contributed by atoms with Gasteiger partial charge in [0.05, 0.1) is 53.8 Å². The molecule has 4 aliphatic heterocycles. The highest BCUT2D eigenvalue weighted by Gasteiger charge is 2.87. The fraction of sp³-hybridized carbons (Fsp3) is 0.870. The van der Waals surface area contributed by atoms with Gasteiger partial charge in [0.1, 0.15) is 11.9 Å². The number of nitro benzene ring substituents is 1. The number of fused-ring (bicyclic) bond motifs is 8. The molecule has 0 bridgehead atoms. The van der Waals surface area contributed by atoms with Crippen LogP contribution in [0.1, 0.15) is 266 Å². The van der Waals surface area contributed by atoms with Gasteiger partial charge in [-0.3, -0.25) is 10.1 Å². The van der Waals surface area contributed by atoms with Gasteiger partial charge in [0.2, 0.25) is 0 Å². The number of aliphatic hydroxyl groups is 1. The molecule has 15 rings (SSSR count). The van der Waals surface area contributed by atoms with Crippen molar-refractivity contribution < 1.29 is 66.4 Å². The molecule has 17 nitrogen and oxygen atoms in total. The smallest absolute Gasteiger partial charge is 0.409 e. The zero-order valence-electron chi connectivity index (χ0n) is 72.9. The van der Waals surface area contributed by atoms with Crippen molar-refractivity contribution in [2.45, 2.75) is 376 Å². The largest absolute Gasteiger partial charge is 0.439 e. The van der Waals surface area contributed by atoms with Crippen molar-refractivity contribution in [2.75, 3.05) is 27.3 Å². The first-order valence-corrected chi connectivity index (χ1v) is 50.4. The number of nitrogens with zero attached hydrogens (tertiary/aromatic N) is 2. The minimum absolute atomic E-state index is 0.00241. The van der Waals surface area contributed by atoms with E-state index >= 15 is 0 Å². The van der Waals surface area contributed by atoms with Gasteiger partial charge in [-0.1, -0.05) is 124 Å². The third-order valence-electron chi connectivity index (χ3n) is 36.5. The number of hydrogen-bond acceptors (Lipinski definition) is 15. The van der Waals surface area contributed by atoms with Crippen molar-refractivity contribution in [1.29, 1.82) is 0 Å². The Balaban J connectivity index is 0.000000169. The Labute approximate surface area is 681 Å². The van der Waals surface area contributed by atoms with Gasteiger partial charge in [-0.05, 0) is 305 Å². The molecule has 14 aliphatic rings. The number of carbonyl (C=O) groups excluding carboxylic acids is 2. The summed E-state index contributed by atoms with van der Waals surface area (Å²) < 4.78 is 67.0. The number of aliphatic hydroxyl groups excluding tert-OH is 1. The van der Waals surface area contributed by atoms with E-state index in [0.29, 0.717) is 75.1 Å². The van der Waals surface area contributed by atoms with E-state index in [4.69, 9.17) is 53.6 Å². The average molecular weight is 1610 g/mol. The van der Waals surface area contributed by atoms with Gasteiger partial charge in [0, 0.05) is 61.9 Å². The number of halogens is 1. The summed E-state index contributed by atoms with van der Waals surface area (Å²) in [5.74, 6) is 4.64. The van der Waals surface area contributed by atoms with Gasteiger partial charge in [-0.2, -0.15) is 0 Å². The molecule has 632 valence electrons. The summed E-state index contributed by atoms with van der Waals surface area (Å²) in [6, 6.07) is 11.9. The highest BCUT2D eigenvalue weighted by molar-refractivity contribution is 6.74. The van der Waals surface area contributed by atoms with E-state index < -0.39 is 39.2 Å². The van der Waals surface area contributed by atoms with Crippen LogP contribution in [0.25, 0.3) is 0 Å². The standard InChI is InChI=1S/C44H75NO6Si.C41H70O5Si.C7H4ClNO4/c1-13-52(14-2,15-3)51-38-37-35(29(6)26-30(48-37)36(28(4)5)50-39(46)45(11)12)41(9)23-24-44-27-43(44)22-21-33(49-34-18-16-17-25-47-34)40(7,8)31(43)19-20-32(44)42(38,41)10;1-11-47(12-2,13-3)46-36-35-33(27(6)24-28(44-35)34(42)26(4)5)38(9)21-22-41-25-40(41)20-19-31(45-32-16-14-15-23-43-32)37(7,8)29(40)17-18-30(41)39(36,38)10;8-7(10)13-6-3-1-5(2-4-6)9(11)12/h29-38H,4,13-27H2,1-3,5-12H3;27-36,42H,4,11-25H2,1-3,5-10H3;1-4H/t29-,30-,31+,32+,33?,34+,35+,36-,37+,38+,41-,42-,43-,44?;27-,28-,29+,30+,31?,32+,33+,34-,35+,36+,38-,39-,40-,41?;/m11./s1. The monoisotopic (exact) mass is 1610 g/mol. The molecule has 1 aromatic rings. The SMILES string of the molecule is C=C(C)[C@@H](O)[C@H]1C[C@@H](C)[C@H]2[C@H](O1)[C@H](O[Si](CC)(CC)CC)[C@@]1(C)[C@@H]3CC[C@H]4C(C)(C)C(O[C@H]5CCCCO5)CC[C@@]45CC35CC[C@]21C.C=C(C)[C@@H](OC(=O)N(C)C)[C@H]1C[C@@H](C)[C@H]2[C@H](O1)[C@H](O[Si](CC)(CC)CC)[C@@]1(C)[C@@H]3CC[C@H]4C(C)(C)C(O[C@H]5CCCCO5)CC[C@@]45CC35CC[C@]21C.O=C(Cl)Oc1ccc([N+](=O)[O-])cc1. The third-order valence-corrected chi connectivity index (χ3v) is 45.8. The van der Waals surface area contributed by atoms with Crippen LogP contribution < -0.4 is 4.74 Å². The number of nitro groups is 1. The quantitative estimate of drug-likeness (QED) is 0.0305. The van der Waals surface area contributed by atoms with Crippen molar-refractivity contribution in [3.05, 3.63) is 58.7 Å². The molecule has 4 spiro atoms. The number of ether oxygens (including phenoxy) is 8. The van der Waals surface area contributed by atoms with Crippen molar-refractivity contribution in [3.63, 3.8) is 0 Å². The fourth-order valence-electron chi connectivity index (χ4n) is 30.1. The van der Waals surface area contributed by atoms with Crippen molar-refractivity contribution in [1.82, 2.24) is 4.90 Å². The van der Waals surface area contributed by atoms with Crippen LogP contribution in [0.2, 0.25) is 36.3 Å².